The first kappa shape index (κ1) is 20.7. The number of hydrogen-bond acceptors (Lipinski definition) is 5. The Bertz CT molecular complexity index is 1130. The molecular formula is C23H20ClN3O4. The smallest absolute Gasteiger partial charge is 0.307 e. The molecule has 3 aromatic rings. The van der Waals surface area contributed by atoms with Crippen LogP contribution in [0.5, 0.6) is 11.6 Å². The van der Waals surface area contributed by atoms with Gasteiger partial charge in [-0.3, -0.25) is 9.59 Å². The summed E-state index contributed by atoms with van der Waals surface area (Å²) in [5, 5.41) is 12.1. The number of aromatic nitrogens is 1. The molecule has 0 aliphatic carbocycles. The Kier molecular flexibility index (Phi) is 5.77. The van der Waals surface area contributed by atoms with Crippen molar-refractivity contribution in [2.24, 2.45) is 0 Å². The zero-order chi connectivity index (χ0) is 22.0. The van der Waals surface area contributed by atoms with Crippen molar-refractivity contribution in [3.05, 3.63) is 76.9 Å². The highest BCUT2D eigenvalue weighted by Gasteiger charge is 2.31. The van der Waals surface area contributed by atoms with E-state index in [2.05, 4.69) is 10.3 Å². The van der Waals surface area contributed by atoms with Crippen LogP contribution in [0.25, 0.3) is 0 Å². The van der Waals surface area contributed by atoms with Crippen LogP contribution in [-0.4, -0.2) is 35.1 Å². The number of amides is 1. The first-order chi connectivity index (χ1) is 14.9. The number of hydrogen-bond donors (Lipinski definition) is 2. The standard InChI is InChI=1S/C23H20ClN3O4/c1-27-18-5-3-2-4-15(18)12-19(27)23(30)26-16-7-9-21(25-13-16)31-20-8-6-14(10-17(20)24)11-22(28)29/h2-10,13,19H,11-12H2,1H3,(H,26,30)(H,28,29). The van der Waals surface area contributed by atoms with Gasteiger partial charge in [0, 0.05) is 25.2 Å². The maximum Gasteiger partial charge on any atom is 0.307 e. The van der Waals surface area contributed by atoms with Crippen molar-refractivity contribution >= 4 is 34.9 Å². The van der Waals surface area contributed by atoms with Gasteiger partial charge in [0.05, 0.1) is 23.3 Å². The number of rotatable bonds is 6. The number of benzene rings is 2. The molecule has 0 fully saturated rings. The normalized spacial score (nSPS) is 14.8. The fourth-order valence-electron chi connectivity index (χ4n) is 3.57. The van der Waals surface area contributed by atoms with Gasteiger partial charge in [-0.1, -0.05) is 35.9 Å². The van der Waals surface area contributed by atoms with Gasteiger partial charge in [0.15, 0.2) is 0 Å². The summed E-state index contributed by atoms with van der Waals surface area (Å²) in [7, 11) is 1.91. The summed E-state index contributed by atoms with van der Waals surface area (Å²) in [5.41, 5.74) is 3.36. The quantitative estimate of drug-likeness (QED) is 0.601. The predicted octanol–water partition coefficient (Wildman–Crippen LogP) is 4.15. The molecule has 1 aliphatic heterocycles. The Morgan fingerprint density at radius 2 is 2.03 bits per heavy atom. The van der Waals surface area contributed by atoms with Crippen molar-refractivity contribution in [3.8, 4) is 11.6 Å². The molecule has 1 atom stereocenters. The number of carboxylic acids is 1. The third kappa shape index (κ3) is 4.62. The van der Waals surface area contributed by atoms with E-state index in [1.807, 2.05) is 36.2 Å². The Balaban J connectivity index is 1.39. The highest BCUT2D eigenvalue weighted by molar-refractivity contribution is 6.32. The third-order valence-corrected chi connectivity index (χ3v) is 5.42. The summed E-state index contributed by atoms with van der Waals surface area (Å²) in [6.45, 7) is 0. The van der Waals surface area contributed by atoms with Gasteiger partial charge in [0.1, 0.15) is 11.8 Å². The van der Waals surface area contributed by atoms with E-state index in [1.165, 1.54) is 6.20 Å². The average molecular weight is 438 g/mol. The van der Waals surface area contributed by atoms with E-state index < -0.39 is 5.97 Å². The minimum absolute atomic E-state index is 0.105. The molecule has 2 aromatic carbocycles. The zero-order valence-corrected chi connectivity index (χ0v) is 17.5. The van der Waals surface area contributed by atoms with Crippen LogP contribution in [-0.2, 0) is 22.4 Å². The van der Waals surface area contributed by atoms with Crippen molar-refractivity contribution in [2.45, 2.75) is 18.9 Å². The van der Waals surface area contributed by atoms with Crippen molar-refractivity contribution in [3.63, 3.8) is 0 Å². The lowest BCUT2D eigenvalue weighted by molar-refractivity contribution is -0.136. The molecule has 4 rings (SSSR count). The largest absolute Gasteiger partial charge is 0.481 e. The maximum atomic E-state index is 12.8. The van der Waals surface area contributed by atoms with Crippen LogP contribution < -0.4 is 15.0 Å². The van der Waals surface area contributed by atoms with E-state index in [0.29, 0.717) is 34.3 Å². The summed E-state index contributed by atoms with van der Waals surface area (Å²) < 4.78 is 5.68. The van der Waals surface area contributed by atoms with Crippen LogP contribution in [0, 0.1) is 0 Å². The first-order valence-electron chi connectivity index (χ1n) is 9.66. The summed E-state index contributed by atoms with van der Waals surface area (Å²) in [4.78, 5) is 29.8. The first-order valence-corrected chi connectivity index (χ1v) is 10.0. The Labute approximate surface area is 184 Å². The molecule has 1 amide bonds. The molecule has 158 valence electrons. The summed E-state index contributed by atoms with van der Waals surface area (Å²) >= 11 is 6.18. The van der Waals surface area contributed by atoms with Gasteiger partial charge >= 0.3 is 5.97 Å². The van der Waals surface area contributed by atoms with Gasteiger partial charge in [0.2, 0.25) is 11.8 Å². The van der Waals surface area contributed by atoms with Gasteiger partial charge in [-0.15, -0.1) is 0 Å². The van der Waals surface area contributed by atoms with E-state index in [1.54, 1.807) is 30.3 Å². The SMILES string of the molecule is CN1c2ccccc2CC1C(=O)Nc1ccc(Oc2ccc(CC(=O)O)cc2Cl)nc1. The molecule has 2 heterocycles. The van der Waals surface area contributed by atoms with Gasteiger partial charge in [-0.05, 0) is 35.4 Å². The molecule has 0 bridgehead atoms. The lowest BCUT2D eigenvalue weighted by Crippen LogP contribution is -2.39. The van der Waals surface area contributed by atoms with Crippen LogP contribution in [0.1, 0.15) is 11.1 Å². The number of halogens is 1. The number of carbonyl (C=O) groups excluding carboxylic acids is 1. The number of pyridine rings is 1. The lowest BCUT2D eigenvalue weighted by Gasteiger charge is -2.21. The van der Waals surface area contributed by atoms with Crippen molar-refractivity contribution in [2.75, 3.05) is 17.3 Å². The van der Waals surface area contributed by atoms with Crippen LogP contribution in [0.2, 0.25) is 5.02 Å². The van der Waals surface area contributed by atoms with E-state index in [9.17, 15) is 9.59 Å². The fourth-order valence-corrected chi connectivity index (χ4v) is 3.82. The number of aliphatic carboxylic acids is 1. The van der Waals surface area contributed by atoms with Crippen molar-refractivity contribution in [1.29, 1.82) is 0 Å². The Morgan fingerprint density at radius 1 is 1.23 bits per heavy atom. The molecule has 0 radical (unpaired) electrons. The highest BCUT2D eigenvalue weighted by Crippen LogP contribution is 2.32. The minimum Gasteiger partial charge on any atom is -0.481 e. The molecule has 0 saturated heterocycles. The van der Waals surface area contributed by atoms with E-state index in [-0.39, 0.29) is 18.4 Å². The number of anilines is 2. The van der Waals surface area contributed by atoms with Crippen molar-refractivity contribution in [1.82, 2.24) is 4.98 Å². The number of carboxylic acid groups (broad SMARTS) is 1. The van der Waals surface area contributed by atoms with Crippen LogP contribution in [0.15, 0.2) is 60.8 Å². The van der Waals surface area contributed by atoms with Gasteiger partial charge in [0.25, 0.3) is 0 Å². The van der Waals surface area contributed by atoms with Crippen LogP contribution in [0.4, 0.5) is 11.4 Å². The number of nitrogens with zero attached hydrogens (tertiary/aromatic N) is 2. The zero-order valence-electron chi connectivity index (χ0n) is 16.7. The summed E-state index contributed by atoms with van der Waals surface area (Å²) in [6.07, 6.45) is 2.06. The van der Waals surface area contributed by atoms with Crippen LogP contribution >= 0.6 is 11.6 Å². The number of nitrogens with one attached hydrogen (secondary N) is 1. The molecule has 31 heavy (non-hydrogen) atoms. The highest BCUT2D eigenvalue weighted by atomic mass is 35.5. The van der Waals surface area contributed by atoms with Gasteiger partial charge < -0.3 is 20.1 Å². The van der Waals surface area contributed by atoms with Crippen LogP contribution in [0.3, 0.4) is 0 Å². The van der Waals surface area contributed by atoms with Gasteiger partial charge in [-0.25, -0.2) is 4.98 Å². The molecule has 0 spiro atoms. The fraction of sp³-hybridized carbons (Fsp3) is 0.174. The monoisotopic (exact) mass is 437 g/mol. The molecule has 7 nitrogen and oxygen atoms in total. The molecule has 1 aromatic heterocycles. The van der Waals surface area contributed by atoms with E-state index in [0.717, 1.165) is 11.3 Å². The molecule has 2 N–H and O–H groups in total. The second-order valence-electron chi connectivity index (χ2n) is 7.27. The average Bonchev–Trinajstić information content (AvgIpc) is 3.08. The Hall–Kier alpha value is -3.58. The van der Waals surface area contributed by atoms with E-state index >= 15 is 0 Å². The number of ether oxygens (including phenoxy) is 1. The summed E-state index contributed by atoms with van der Waals surface area (Å²) in [6, 6.07) is 15.8. The van der Waals surface area contributed by atoms with Gasteiger partial charge in [-0.2, -0.15) is 0 Å². The molecule has 0 saturated carbocycles. The summed E-state index contributed by atoms with van der Waals surface area (Å²) in [5.74, 6) is -0.371. The maximum absolute atomic E-state index is 12.8. The number of likely N-dealkylation sites (N-methyl/N-ethyl adjacent to an activating group) is 1. The molecular weight excluding hydrogens is 418 g/mol. The predicted molar refractivity (Wildman–Crippen MR) is 118 cm³/mol. The molecule has 1 unspecified atom stereocenters. The number of fused-ring (bicyclic) bond motifs is 1. The third-order valence-electron chi connectivity index (χ3n) is 5.13. The number of carbonyl (C=O) groups is 2. The molecule has 1 aliphatic rings. The van der Waals surface area contributed by atoms with E-state index in [4.69, 9.17) is 21.4 Å². The molecule has 8 heteroatoms. The topological polar surface area (TPSA) is 91.8 Å². The van der Waals surface area contributed by atoms with Crippen molar-refractivity contribution < 1.29 is 19.4 Å². The second-order valence-corrected chi connectivity index (χ2v) is 7.68. The number of para-hydroxylation sites is 1. The second kappa shape index (κ2) is 8.65. The Morgan fingerprint density at radius 3 is 2.71 bits per heavy atom. The minimum atomic E-state index is -0.934. The lowest BCUT2D eigenvalue weighted by atomic mass is 10.1.